The molecule has 0 radical (unpaired) electrons. The zero-order valence-corrected chi connectivity index (χ0v) is 13.6. The predicted molar refractivity (Wildman–Crippen MR) is 90.9 cm³/mol. The van der Waals surface area contributed by atoms with Crippen molar-refractivity contribution in [2.45, 2.75) is 33.9 Å². The molecule has 0 bridgehead atoms. The van der Waals surface area contributed by atoms with Crippen molar-refractivity contribution >= 4 is 11.5 Å². The van der Waals surface area contributed by atoms with E-state index in [9.17, 15) is 5.11 Å². The highest BCUT2D eigenvalue weighted by Crippen LogP contribution is 2.32. The minimum absolute atomic E-state index is 0.154. The third-order valence-corrected chi connectivity index (χ3v) is 4.07. The number of rotatable bonds is 3. The molecule has 120 valence electrons. The van der Waals surface area contributed by atoms with E-state index in [1.807, 2.05) is 0 Å². The minimum atomic E-state index is -0.154. The number of hydrogen-bond donors (Lipinski definition) is 3. The number of benzene rings is 1. The maximum Gasteiger partial charge on any atom is 0.158 e. The number of nitrogen functional groups attached to an aromatic ring is 1. The lowest BCUT2D eigenvalue weighted by Crippen LogP contribution is -2.12. The fourth-order valence-electron chi connectivity index (χ4n) is 3.15. The summed E-state index contributed by atoms with van der Waals surface area (Å²) in [4.78, 5) is 4.73. The third kappa shape index (κ3) is 2.46. The van der Waals surface area contributed by atoms with Gasteiger partial charge in [-0.1, -0.05) is 17.7 Å². The first kappa shape index (κ1) is 15.5. The number of anilines is 1. The number of nitrogens with zero attached hydrogens (tertiary/aromatic N) is 3. The van der Waals surface area contributed by atoms with Crippen LogP contribution in [0.3, 0.4) is 0 Å². The van der Waals surface area contributed by atoms with Crippen LogP contribution in [0.25, 0.3) is 16.9 Å². The molecule has 0 spiro atoms. The molecule has 0 saturated carbocycles. The van der Waals surface area contributed by atoms with Gasteiger partial charge < -0.3 is 16.6 Å². The van der Waals surface area contributed by atoms with Crippen LogP contribution in [-0.2, 0) is 13.2 Å². The van der Waals surface area contributed by atoms with Gasteiger partial charge in [-0.3, -0.25) is 0 Å². The summed E-state index contributed by atoms with van der Waals surface area (Å²) >= 11 is 0. The van der Waals surface area contributed by atoms with Crippen LogP contribution in [0.5, 0.6) is 0 Å². The lowest BCUT2D eigenvalue weighted by molar-refractivity contribution is 0.276. The van der Waals surface area contributed by atoms with Crippen molar-refractivity contribution in [1.82, 2.24) is 14.6 Å². The Kier molecular flexibility index (Phi) is 3.79. The first-order valence-electron chi connectivity index (χ1n) is 7.52. The van der Waals surface area contributed by atoms with Gasteiger partial charge in [-0.2, -0.15) is 9.61 Å². The molecule has 0 unspecified atom stereocenters. The summed E-state index contributed by atoms with van der Waals surface area (Å²) in [6.45, 7) is 6.31. The second-order valence-electron chi connectivity index (χ2n) is 5.87. The molecule has 0 amide bonds. The number of aromatic nitrogens is 3. The van der Waals surface area contributed by atoms with Crippen LogP contribution >= 0.6 is 0 Å². The van der Waals surface area contributed by atoms with Crippen LogP contribution in [0.1, 0.15) is 27.9 Å². The smallest absolute Gasteiger partial charge is 0.158 e. The third-order valence-electron chi connectivity index (χ3n) is 4.07. The molecular weight excluding hydrogens is 290 g/mol. The molecule has 0 fully saturated rings. The van der Waals surface area contributed by atoms with E-state index in [1.54, 1.807) is 6.07 Å². The van der Waals surface area contributed by atoms with Crippen LogP contribution in [0.15, 0.2) is 18.2 Å². The fraction of sp³-hybridized carbons (Fsp3) is 0.294. The molecule has 1 aromatic carbocycles. The standard InChI is InChI=1S/C17H21N5O/c1-9-4-10(2)15(11(3)5-9)16-13(7-18)17(19)22-14(20-16)6-12(8-23)21-22/h4-6,23H,7-8,18-19H2,1-3H3. The largest absolute Gasteiger partial charge is 0.390 e. The summed E-state index contributed by atoms with van der Waals surface area (Å²) < 4.78 is 1.54. The van der Waals surface area contributed by atoms with Gasteiger partial charge in [0.25, 0.3) is 0 Å². The Morgan fingerprint density at radius 2 is 1.78 bits per heavy atom. The number of aliphatic hydroxyl groups excluding tert-OH is 1. The molecule has 2 aromatic heterocycles. The van der Waals surface area contributed by atoms with Crippen LogP contribution < -0.4 is 11.5 Å². The monoisotopic (exact) mass is 311 g/mol. The Morgan fingerprint density at radius 3 is 2.35 bits per heavy atom. The Bertz CT molecular complexity index is 875. The number of hydrogen-bond acceptors (Lipinski definition) is 5. The highest BCUT2D eigenvalue weighted by molar-refractivity contribution is 5.76. The quantitative estimate of drug-likeness (QED) is 0.685. The van der Waals surface area contributed by atoms with Crippen LogP contribution in [0.2, 0.25) is 0 Å². The van der Waals surface area contributed by atoms with E-state index in [4.69, 9.17) is 16.5 Å². The minimum Gasteiger partial charge on any atom is -0.390 e. The molecule has 5 N–H and O–H groups in total. The molecule has 0 aliphatic heterocycles. The van der Waals surface area contributed by atoms with Gasteiger partial charge in [0.2, 0.25) is 0 Å². The van der Waals surface area contributed by atoms with E-state index >= 15 is 0 Å². The SMILES string of the molecule is Cc1cc(C)c(-c2nc3cc(CO)nn3c(N)c2CN)c(C)c1. The van der Waals surface area contributed by atoms with E-state index in [0.717, 1.165) is 27.9 Å². The lowest BCUT2D eigenvalue weighted by atomic mass is 9.94. The number of aliphatic hydroxyl groups is 1. The van der Waals surface area contributed by atoms with Gasteiger partial charge in [0.1, 0.15) is 5.82 Å². The van der Waals surface area contributed by atoms with E-state index in [1.165, 1.54) is 10.1 Å². The van der Waals surface area contributed by atoms with Crippen LogP contribution in [-0.4, -0.2) is 19.7 Å². The Hall–Kier alpha value is -2.44. The molecule has 23 heavy (non-hydrogen) atoms. The molecule has 3 rings (SSSR count). The van der Waals surface area contributed by atoms with Crippen molar-refractivity contribution in [1.29, 1.82) is 0 Å². The van der Waals surface area contributed by atoms with Crippen molar-refractivity contribution in [3.05, 3.63) is 46.1 Å². The molecule has 6 nitrogen and oxygen atoms in total. The van der Waals surface area contributed by atoms with Gasteiger partial charge in [0, 0.05) is 23.7 Å². The summed E-state index contributed by atoms with van der Waals surface area (Å²) in [5.74, 6) is 0.464. The average Bonchev–Trinajstić information content (AvgIpc) is 2.90. The molecule has 0 saturated heterocycles. The van der Waals surface area contributed by atoms with Crippen LogP contribution in [0.4, 0.5) is 5.82 Å². The zero-order chi connectivity index (χ0) is 16.7. The first-order chi connectivity index (χ1) is 11.0. The summed E-state index contributed by atoms with van der Waals surface area (Å²) in [6, 6.07) is 5.99. The van der Waals surface area contributed by atoms with Gasteiger partial charge in [0.05, 0.1) is 18.0 Å². The first-order valence-corrected chi connectivity index (χ1v) is 7.52. The lowest BCUT2D eigenvalue weighted by Gasteiger charge is -2.16. The van der Waals surface area contributed by atoms with E-state index < -0.39 is 0 Å². The summed E-state index contributed by atoms with van der Waals surface area (Å²) in [5, 5.41) is 13.5. The Labute approximate surface area is 134 Å². The van der Waals surface area contributed by atoms with Gasteiger partial charge >= 0.3 is 0 Å². The molecular formula is C17H21N5O. The van der Waals surface area contributed by atoms with Crippen LogP contribution in [0, 0.1) is 20.8 Å². The number of nitrogens with two attached hydrogens (primary N) is 2. The normalized spacial score (nSPS) is 11.3. The van der Waals surface area contributed by atoms with Crippen molar-refractivity contribution in [2.75, 3.05) is 5.73 Å². The van der Waals surface area contributed by atoms with Gasteiger partial charge in [-0.05, 0) is 31.9 Å². The van der Waals surface area contributed by atoms with E-state index in [0.29, 0.717) is 17.2 Å². The average molecular weight is 311 g/mol. The zero-order valence-electron chi connectivity index (χ0n) is 13.6. The highest BCUT2D eigenvalue weighted by atomic mass is 16.3. The molecule has 3 aromatic rings. The highest BCUT2D eigenvalue weighted by Gasteiger charge is 2.18. The van der Waals surface area contributed by atoms with Crippen molar-refractivity contribution < 1.29 is 5.11 Å². The Balaban J connectivity index is 2.37. The van der Waals surface area contributed by atoms with Gasteiger partial charge in [-0.15, -0.1) is 0 Å². The molecule has 0 aliphatic carbocycles. The summed E-state index contributed by atoms with van der Waals surface area (Å²) in [5.41, 5.74) is 19.4. The molecule has 2 heterocycles. The Morgan fingerprint density at radius 1 is 1.13 bits per heavy atom. The second-order valence-corrected chi connectivity index (χ2v) is 5.87. The van der Waals surface area contributed by atoms with Crippen molar-refractivity contribution in [3.63, 3.8) is 0 Å². The maximum atomic E-state index is 9.29. The second kappa shape index (κ2) is 5.64. The van der Waals surface area contributed by atoms with Crippen molar-refractivity contribution in [3.8, 4) is 11.3 Å². The van der Waals surface area contributed by atoms with Crippen molar-refractivity contribution in [2.24, 2.45) is 5.73 Å². The number of fused-ring (bicyclic) bond motifs is 1. The molecule has 6 heteroatoms. The van der Waals surface area contributed by atoms with Gasteiger partial charge in [-0.25, -0.2) is 4.98 Å². The van der Waals surface area contributed by atoms with E-state index in [2.05, 4.69) is 38.0 Å². The van der Waals surface area contributed by atoms with E-state index in [-0.39, 0.29) is 13.2 Å². The van der Waals surface area contributed by atoms with Gasteiger partial charge in [0.15, 0.2) is 5.65 Å². The summed E-state index contributed by atoms with van der Waals surface area (Å²) in [6.07, 6.45) is 0. The maximum absolute atomic E-state index is 9.29. The molecule has 0 aliphatic rings. The number of aryl methyl sites for hydroxylation is 3. The molecule has 0 atom stereocenters. The summed E-state index contributed by atoms with van der Waals surface area (Å²) in [7, 11) is 0. The topological polar surface area (TPSA) is 102 Å². The predicted octanol–water partition coefficient (Wildman–Crippen LogP) is 1.85. The fourth-order valence-corrected chi connectivity index (χ4v) is 3.15.